The van der Waals surface area contributed by atoms with Crippen LogP contribution in [0.4, 0.5) is 0 Å². The van der Waals surface area contributed by atoms with Gasteiger partial charge in [0.05, 0.1) is 26.3 Å². The zero-order valence-corrected chi connectivity index (χ0v) is 12.1. The maximum atomic E-state index is 12.0. The molecule has 0 unspecified atom stereocenters. The predicted molar refractivity (Wildman–Crippen MR) is 70.9 cm³/mol. The first-order chi connectivity index (χ1) is 8.85. The van der Waals surface area contributed by atoms with Crippen molar-refractivity contribution < 1.29 is 22.7 Å². The second-order valence-electron chi connectivity index (χ2n) is 3.93. The molecule has 7 heteroatoms. The minimum atomic E-state index is -3.53. The standard InChI is InChI=1S/C12H17NO5S/c1-13-7-10(14)9-5-8(17-2)6-11(12(9)18-3)19(4,15)16/h5-6,13H,7H2,1-4H3. The lowest BCUT2D eigenvalue weighted by atomic mass is 10.1. The molecular formula is C12H17NO5S. The Morgan fingerprint density at radius 1 is 1.26 bits per heavy atom. The Labute approximate surface area is 112 Å². The van der Waals surface area contributed by atoms with Gasteiger partial charge >= 0.3 is 0 Å². The summed E-state index contributed by atoms with van der Waals surface area (Å²) < 4.78 is 33.6. The summed E-state index contributed by atoms with van der Waals surface area (Å²) in [7, 11) is 0.829. The molecule has 0 atom stereocenters. The van der Waals surface area contributed by atoms with Crippen LogP contribution in [0.5, 0.6) is 11.5 Å². The van der Waals surface area contributed by atoms with E-state index in [1.54, 1.807) is 7.05 Å². The van der Waals surface area contributed by atoms with Gasteiger partial charge in [0.2, 0.25) is 0 Å². The Hall–Kier alpha value is -1.60. The van der Waals surface area contributed by atoms with Gasteiger partial charge in [-0.25, -0.2) is 8.42 Å². The maximum Gasteiger partial charge on any atom is 0.180 e. The fourth-order valence-corrected chi connectivity index (χ4v) is 2.50. The average molecular weight is 287 g/mol. The molecule has 0 spiro atoms. The van der Waals surface area contributed by atoms with Gasteiger partial charge in [-0.05, 0) is 13.1 Å². The maximum absolute atomic E-state index is 12.0. The number of sulfone groups is 1. The number of nitrogens with one attached hydrogen (secondary N) is 1. The van der Waals surface area contributed by atoms with Crippen molar-refractivity contribution in [3.63, 3.8) is 0 Å². The molecule has 0 aliphatic carbocycles. The molecule has 6 nitrogen and oxygen atoms in total. The quantitative estimate of drug-likeness (QED) is 0.768. The SMILES string of the molecule is CNCC(=O)c1cc(OC)cc(S(C)(=O)=O)c1OC. The van der Waals surface area contributed by atoms with Gasteiger partial charge in [0.25, 0.3) is 0 Å². The van der Waals surface area contributed by atoms with Crippen LogP contribution in [0.2, 0.25) is 0 Å². The second kappa shape index (κ2) is 6.03. The van der Waals surface area contributed by atoms with Crippen LogP contribution in [-0.4, -0.2) is 48.3 Å². The Morgan fingerprint density at radius 3 is 2.32 bits per heavy atom. The molecule has 0 fully saturated rings. The molecule has 0 bridgehead atoms. The van der Waals surface area contributed by atoms with E-state index in [9.17, 15) is 13.2 Å². The number of ketones is 1. The van der Waals surface area contributed by atoms with E-state index in [-0.39, 0.29) is 28.5 Å². The molecule has 0 aromatic heterocycles. The average Bonchev–Trinajstić information content (AvgIpc) is 2.36. The van der Waals surface area contributed by atoms with Crippen LogP contribution in [0.3, 0.4) is 0 Å². The van der Waals surface area contributed by atoms with Crippen LogP contribution in [-0.2, 0) is 9.84 Å². The number of ether oxygens (including phenoxy) is 2. The molecule has 0 heterocycles. The van der Waals surface area contributed by atoms with Crippen molar-refractivity contribution in [3.05, 3.63) is 17.7 Å². The topological polar surface area (TPSA) is 81.7 Å². The summed E-state index contributed by atoms with van der Waals surface area (Å²) in [6.07, 6.45) is 1.05. The molecule has 19 heavy (non-hydrogen) atoms. The van der Waals surface area contributed by atoms with Gasteiger partial charge in [0.15, 0.2) is 15.6 Å². The number of carbonyl (C=O) groups excluding carboxylic acids is 1. The Bertz CT molecular complexity index is 580. The highest BCUT2D eigenvalue weighted by Crippen LogP contribution is 2.33. The predicted octanol–water partition coefficient (Wildman–Crippen LogP) is 0.509. The van der Waals surface area contributed by atoms with E-state index in [0.717, 1.165) is 6.26 Å². The molecule has 1 aromatic rings. The van der Waals surface area contributed by atoms with Crippen molar-refractivity contribution in [1.82, 2.24) is 5.32 Å². The Kier molecular flexibility index (Phi) is 4.90. The normalized spacial score (nSPS) is 11.2. The Morgan fingerprint density at radius 2 is 1.89 bits per heavy atom. The molecule has 1 N–H and O–H groups in total. The number of methoxy groups -OCH3 is 2. The highest BCUT2D eigenvalue weighted by atomic mass is 32.2. The molecule has 0 saturated heterocycles. The lowest BCUT2D eigenvalue weighted by molar-refractivity contribution is 0.0990. The smallest absolute Gasteiger partial charge is 0.180 e. The van der Waals surface area contributed by atoms with Crippen molar-refractivity contribution in [3.8, 4) is 11.5 Å². The summed E-state index contributed by atoms with van der Waals surface area (Å²) in [6.45, 7) is 0.0761. The molecule has 0 aliphatic heterocycles. The van der Waals surface area contributed by atoms with Gasteiger partial charge in [-0.15, -0.1) is 0 Å². The number of rotatable bonds is 6. The molecule has 0 amide bonds. The van der Waals surface area contributed by atoms with E-state index in [2.05, 4.69) is 5.32 Å². The molecule has 1 aromatic carbocycles. The van der Waals surface area contributed by atoms with E-state index in [4.69, 9.17) is 9.47 Å². The summed E-state index contributed by atoms with van der Waals surface area (Å²) >= 11 is 0. The molecule has 0 aliphatic rings. The summed E-state index contributed by atoms with van der Waals surface area (Å²) in [5.74, 6) is 0.0624. The fourth-order valence-electron chi connectivity index (χ4n) is 1.64. The van der Waals surface area contributed by atoms with Gasteiger partial charge < -0.3 is 14.8 Å². The zero-order valence-electron chi connectivity index (χ0n) is 11.3. The van der Waals surface area contributed by atoms with Gasteiger partial charge in [-0.1, -0.05) is 0 Å². The summed E-state index contributed by atoms with van der Waals surface area (Å²) in [6, 6.07) is 2.80. The van der Waals surface area contributed by atoms with Crippen LogP contribution in [0.15, 0.2) is 17.0 Å². The number of hydrogen-bond acceptors (Lipinski definition) is 6. The van der Waals surface area contributed by atoms with E-state index < -0.39 is 9.84 Å². The highest BCUT2D eigenvalue weighted by Gasteiger charge is 2.23. The van der Waals surface area contributed by atoms with Crippen molar-refractivity contribution in [2.45, 2.75) is 4.90 Å². The molecule has 0 radical (unpaired) electrons. The van der Waals surface area contributed by atoms with E-state index in [0.29, 0.717) is 5.75 Å². The second-order valence-corrected chi connectivity index (χ2v) is 5.92. The number of Topliss-reactive ketones (excluding diaryl/α,β-unsaturated/α-hetero) is 1. The van der Waals surface area contributed by atoms with Crippen molar-refractivity contribution in [1.29, 1.82) is 0 Å². The third kappa shape index (κ3) is 3.45. The first-order valence-electron chi connectivity index (χ1n) is 5.49. The lowest BCUT2D eigenvalue weighted by Crippen LogP contribution is -2.20. The van der Waals surface area contributed by atoms with E-state index >= 15 is 0 Å². The molecule has 0 saturated carbocycles. The van der Waals surface area contributed by atoms with Crippen molar-refractivity contribution >= 4 is 15.6 Å². The van der Waals surface area contributed by atoms with E-state index in [1.165, 1.54) is 26.4 Å². The monoisotopic (exact) mass is 287 g/mol. The van der Waals surface area contributed by atoms with Gasteiger partial charge in [0, 0.05) is 12.3 Å². The first kappa shape index (κ1) is 15.5. The third-order valence-corrected chi connectivity index (χ3v) is 3.61. The summed E-state index contributed by atoms with van der Waals surface area (Å²) in [5, 5.41) is 2.72. The molecular weight excluding hydrogens is 270 g/mol. The molecule has 106 valence electrons. The van der Waals surface area contributed by atoms with Gasteiger partial charge in [0.1, 0.15) is 16.4 Å². The third-order valence-electron chi connectivity index (χ3n) is 2.51. The van der Waals surface area contributed by atoms with Gasteiger partial charge in [-0.3, -0.25) is 4.79 Å². The first-order valence-corrected chi connectivity index (χ1v) is 7.38. The minimum Gasteiger partial charge on any atom is -0.497 e. The number of hydrogen-bond donors (Lipinski definition) is 1. The lowest BCUT2D eigenvalue weighted by Gasteiger charge is -2.13. The fraction of sp³-hybridized carbons (Fsp3) is 0.417. The van der Waals surface area contributed by atoms with Crippen LogP contribution in [0.25, 0.3) is 0 Å². The van der Waals surface area contributed by atoms with Crippen LogP contribution < -0.4 is 14.8 Å². The number of likely N-dealkylation sites (N-methyl/N-ethyl adjacent to an activating group) is 1. The zero-order chi connectivity index (χ0) is 14.6. The Balaban J connectivity index is 3.57. The van der Waals surface area contributed by atoms with Crippen molar-refractivity contribution in [2.75, 3.05) is 34.1 Å². The number of benzene rings is 1. The highest BCUT2D eigenvalue weighted by molar-refractivity contribution is 7.90. The van der Waals surface area contributed by atoms with Gasteiger partial charge in [-0.2, -0.15) is 0 Å². The summed E-state index contributed by atoms with van der Waals surface area (Å²) in [5.41, 5.74) is 0.177. The van der Waals surface area contributed by atoms with Crippen molar-refractivity contribution in [2.24, 2.45) is 0 Å². The van der Waals surface area contributed by atoms with Crippen LogP contribution >= 0.6 is 0 Å². The minimum absolute atomic E-state index is 0.0450. The van der Waals surface area contributed by atoms with Crippen LogP contribution in [0.1, 0.15) is 10.4 Å². The van der Waals surface area contributed by atoms with E-state index in [1.807, 2.05) is 0 Å². The van der Waals surface area contributed by atoms with Crippen LogP contribution in [0, 0.1) is 0 Å². The molecule has 1 rings (SSSR count). The number of carbonyl (C=O) groups is 1. The summed E-state index contributed by atoms with van der Waals surface area (Å²) in [4.78, 5) is 11.9. The largest absolute Gasteiger partial charge is 0.497 e.